The number of rotatable bonds is 8. The first-order valence-corrected chi connectivity index (χ1v) is 8.62. The summed E-state index contributed by atoms with van der Waals surface area (Å²) in [5.74, 6) is 0. The van der Waals surface area contributed by atoms with Crippen molar-refractivity contribution < 1.29 is 5.11 Å². The van der Waals surface area contributed by atoms with Gasteiger partial charge in [-0.05, 0) is 41.8 Å². The molecule has 0 unspecified atom stereocenters. The van der Waals surface area contributed by atoms with Gasteiger partial charge in [-0.1, -0.05) is 60.7 Å². The Kier molecular flexibility index (Phi) is 6.21. The maximum Gasteiger partial charge on any atom is 0.0587 e. The van der Waals surface area contributed by atoms with Crippen molar-refractivity contribution in [2.45, 2.75) is 19.0 Å². The monoisotopic (exact) mass is 332 g/mol. The van der Waals surface area contributed by atoms with Crippen molar-refractivity contribution in [2.24, 2.45) is 0 Å². The van der Waals surface area contributed by atoms with Crippen molar-refractivity contribution in [3.05, 3.63) is 96.1 Å². The molecule has 3 heteroatoms. The van der Waals surface area contributed by atoms with Crippen molar-refractivity contribution >= 4 is 11.4 Å². The van der Waals surface area contributed by atoms with Crippen LogP contribution in [-0.4, -0.2) is 17.8 Å². The van der Waals surface area contributed by atoms with Crippen molar-refractivity contribution in [3.8, 4) is 0 Å². The zero-order valence-electron chi connectivity index (χ0n) is 14.2. The Morgan fingerprint density at radius 2 is 1.28 bits per heavy atom. The molecule has 0 aliphatic heterocycles. The van der Waals surface area contributed by atoms with E-state index < -0.39 is 0 Å². The summed E-state index contributed by atoms with van der Waals surface area (Å²) in [6.45, 7) is 0.885. The van der Waals surface area contributed by atoms with Gasteiger partial charge >= 0.3 is 0 Å². The minimum atomic E-state index is 0.0492. The van der Waals surface area contributed by atoms with E-state index in [0.717, 1.165) is 24.3 Å². The summed E-state index contributed by atoms with van der Waals surface area (Å²) in [5.41, 5.74) is 4.57. The highest BCUT2D eigenvalue weighted by Gasteiger charge is 2.08. The molecule has 3 N–H and O–H groups in total. The maximum absolute atomic E-state index is 9.64. The summed E-state index contributed by atoms with van der Waals surface area (Å²) in [6, 6.07) is 28.8. The van der Waals surface area contributed by atoms with E-state index in [-0.39, 0.29) is 12.6 Å². The highest BCUT2D eigenvalue weighted by atomic mass is 16.3. The molecule has 1 atom stereocenters. The molecule has 0 aliphatic carbocycles. The molecule has 0 bridgehead atoms. The average molecular weight is 332 g/mol. The van der Waals surface area contributed by atoms with Crippen LogP contribution < -0.4 is 10.6 Å². The summed E-state index contributed by atoms with van der Waals surface area (Å²) in [5, 5.41) is 16.4. The largest absolute Gasteiger partial charge is 0.395 e. The second-order valence-electron chi connectivity index (χ2n) is 6.14. The number of para-hydroxylation sites is 1. The van der Waals surface area contributed by atoms with Crippen LogP contribution in [0.2, 0.25) is 0 Å². The Balaban J connectivity index is 1.54. The molecule has 3 aromatic carbocycles. The summed E-state index contributed by atoms with van der Waals surface area (Å²) in [6.07, 6.45) is 0.801. The standard InChI is InChI=1S/C22H24N2O/c25-17-22(23-16-19-7-3-1-4-8-19)15-18-11-13-21(14-12-18)24-20-9-5-2-6-10-20/h1-14,22-25H,15-17H2/t22-/m0/s1. The Bertz CT molecular complexity index is 742. The molecule has 0 saturated carbocycles. The van der Waals surface area contributed by atoms with E-state index in [2.05, 4.69) is 47.0 Å². The quantitative estimate of drug-likeness (QED) is 0.581. The molecular weight excluding hydrogens is 308 g/mol. The van der Waals surface area contributed by atoms with Crippen LogP contribution in [0.4, 0.5) is 11.4 Å². The van der Waals surface area contributed by atoms with E-state index >= 15 is 0 Å². The summed E-state index contributed by atoms with van der Waals surface area (Å²) < 4.78 is 0. The normalized spacial score (nSPS) is 11.9. The predicted octanol–water partition coefficient (Wildman–Crippen LogP) is 4.12. The fourth-order valence-electron chi connectivity index (χ4n) is 2.76. The van der Waals surface area contributed by atoms with E-state index in [0.29, 0.717) is 0 Å². The molecule has 128 valence electrons. The Morgan fingerprint density at radius 1 is 0.680 bits per heavy atom. The SMILES string of the molecule is OC[C@H](Cc1ccc(Nc2ccccc2)cc1)NCc1ccccc1. The van der Waals surface area contributed by atoms with Gasteiger partial charge in [0.1, 0.15) is 0 Å². The topological polar surface area (TPSA) is 44.3 Å². The van der Waals surface area contributed by atoms with Gasteiger partial charge in [0.15, 0.2) is 0 Å². The smallest absolute Gasteiger partial charge is 0.0587 e. The fourth-order valence-corrected chi connectivity index (χ4v) is 2.76. The third-order valence-corrected chi connectivity index (χ3v) is 4.16. The van der Waals surface area contributed by atoms with Crippen LogP contribution in [0, 0.1) is 0 Å². The van der Waals surface area contributed by atoms with Crippen LogP contribution in [0.15, 0.2) is 84.9 Å². The zero-order chi connectivity index (χ0) is 17.3. The van der Waals surface area contributed by atoms with Gasteiger partial charge in [-0.2, -0.15) is 0 Å². The van der Waals surface area contributed by atoms with Gasteiger partial charge in [-0.3, -0.25) is 0 Å². The Hall–Kier alpha value is -2.62. The van der Waals surface area contributed by atoms with Gasteiger partial charge < -0.3 is 15.7 Å². The van der Waals surface area contributed by atoms with E-state index in [1.807, 2.05) is 48.5 Å². The minimum absolute atomic E-state index is 0.0492. The van der Waals surface area contributed by atoms with E-state index in [1.165, 1.54) is 11.1 Å². The number of aliphatic hydroxyl groups excluding tert-OH is 1. The van der Waals surface area contributed by atoms with Crippen LogP contribution in [0.5, 0.6) is 0 Å². The van der Waals surface area contributed by atoms with E-state index in [9.17, 15) is 5.11 Å². The molecule has 25 heavy (non-hydrogen) atoms. The molecule has 3 rings (SSSR count). The number of benzene rings is 3. The predicted molar refractivity (Wildman–Crippen MR) is 104 cm³/mol. The molecule has 0 spiro atoms. The van der Waals surface area contributed by atoms with Crippen LogP contribution in [0.1, 0.15) is 11.1 Å². The molecule has 0 saturated heterocycles. The van der Waals surface area contributed by atoms with Crippen LogP contribution in [0.3, 0.4) is 0 Å². The van der Waals surface area contributed by atoms with Crippen molar-refractivity contribution in [2.75, 3.05) is 11.9 Å². The lowest BCUT2D eigenvalue weighted by molar-refractivity contribution is 0.241. The fraction of sp³-hybridized carbons (Fsp3) is 0.182. The molecule has 3 aromatic rings. The first-order chi connectivity index (χ1) is 12.3. The molecule has 0 fully saturated rings. The lowest BCUT2D eigenvalue weighted by atomic mass is 10.1. The highest BCUT2D eigenvalue weighted by molar-refractivity contribution is 5.59. The lowest BCUT2D eigenvalue weighted by Crippen LogP contribution is -2.34. The zero-order valence-corrected chi connectivity index (χ0v) is 14.2. The van der Waals surface area contributed by atoms with Crippen LogP contribution in [-0.2, 0) is 13.0 Å². The third kappa shape index (κ3) is 5.45. The molecule has 0 amide bonds. The number of hydrogen-bond acceptors (Lipinski definition) is 3. The van der Waals surface area contributed by atoms with Gasteiger partial charge in [0.05, 0.1) is 6.61 Å². The lowest BCUT2D eigenvalue weighted by Gasteiger charge is -2.17. The third-order valence-electron chi connectivity index (χ3n) is 4.16. The minimum Gasteiger partial charge on any atom is -0.395 e. The van der Waals surface area contributed by atoms with Gasteiger partial charge in [0.25, 0.3) is 0 Å². The average Bonchev–Trinajstić information content (AvgIpc) is 2.68. The highest BCUT2D eigenvalue weighted by Crippen LogP contribution is 2.17. The van der Waals surface area contributed by atoms with Gasteiger partial charge in [-0.15, -0.1) is 0 Å². The van der Waals surface area contributed by atoms with Crippen molar-refractivity contribution in [3.63, 3.8) is 0 Å². The summed E-state index contributed by atoms with van der Waals surface area (Å²) in [4.78, 5) is 0. The van der Waals surface area contributed by atoms with Gasteiger partial charge in [0, 0.05) is 24.0 Å². The van der Waals surface area contributed by atoms with E-state index in [1.54, 1.807) is 0 Å². The number of nitrogens with one attached hydrogen (secondary N) is 2. The van der Waals surface area contributed by atoms with Gasteiger partial charge in [0.2, 0.25) is 0 Å². The second kappa shape index (κ2) is 9.02. The van der Waals surface area contributed by atoms with Gasteiger partial charge in [-0.25, -0.2) is 0 Å². The number of aliphatic hydroxyl groups is 1. The first-order valence-electron chi connectivity index (χ1n) is 8.62. The van der Waals surface area contributed by atoms with Crippen molar-refractivity contribution in [1.82, 2.24) is 5.32 Å². The van der Waals surface area contributed by atoms with Crippen molar-refractivity contribution in [1.29, 1.82) is 0 Å². The van der Waals surface area contributed by atoms with E-state index in [4.69, 9.17) is 0 Å². The summed E-state index contributed by atoms with van der Waals surface area (Å²) >= 11 is 0. The summed E-state index contributed by atoms with van der Waals surface area (Å²) in [7, 11) is 0. The molecule has 0 aromatic heterocycles. The molecule has 3 nitrogen and oxygen atoms in total. The molecule has 0 aliphatic rings. The number of hydrogen-bond donors (Lipinski definition) is 3. The number of anilines is 2. The van der Waals surface area contributed by atoms with Crippen LogP contribution in [0.25, 0.3) is 0 Å². The second-order valence-corrected chi connectivity index (χ2v) is 6.14. The maximum atomic E-state index is 9.64. The van der Waals surface area contributed by atoms with Crippen LogP contribution >= 0.6 is 0 Å². The Morgan fingerprint density at radius 3 is 1.92 bits per heavy atom. The molecule has 0 radical (unpaired) electrons. The molecular formula is C22H24N2O. The first kappa shape index (κ1) is 17.2. The molecule has 0 heterocycles. The Labute approximate surface area is 149 Å².